The zero-order valence-corrected chi connectivity index (χ0v) is 18.7. The number of rotatable bonds is 5. The standard InChI is InChI=1S/C23H16Cl2N4OS/c1-14(17-4-2-3-5-18(17)24)30-16-11-22(31-12-16)29-13-27-20-10-15(6-7-21(20)29)19-8-9-26-23(25)28-19/h2-14H,1H3/t14-/m1/s1. The van der Waals surface area contributed by atoms with E-state index in [-0.39, 0.29) is 11.4 Å². The van der Waals surface area contributed by atoms with E-state index >= 15 is 0 Å². The van der Waals surface area contributed by atoms with Crippen molar-refractivity contribution >= 4 is 45.6 Å². The van der Waals surface area contributed by atoms with Crippen LogP contribution in [0.1, 0.15) is 18.6 Å². The zero-order valence-electron chi connectivity index (χ0n) is 16.4. The lowest BCUT2D eigenvalue weighted by Crippen LogP contribution is -2.03. The van der Waals surface area contributed by atoms with Crippen LogP contribution in [0.25, 0.3) is 27.3 Å². The van der Waals surface area contributed by atoms with Crippen molar-refractivity contribution in [1.82, 2.24) is 19.5 Å². The number of fused-ring (bicyclic) bond motifs is 1. The average molecular weight is 467 g/mol. The van der Waals surface area contributed by atoms with E-state index < -0.39 is 0 Å². The van der Waals surface area contributed by atoms with E-state index in [9.17, 15) is 0 Å². The molecule has 0 saturated carbocycles. The van der Waals surface area contributed by atoms with E-state index in [1.807, 2.05) is 77.8 Å². The van der Waals surface area contributed by atoms with Crippen molar-refractivity contribution in [3.63, 3.8) is 0 Å². The number of nitrogens with zero attached hydrogens (tertiary/aromatic N) is 4. The summed E-state index contributed by atoms with van der Waals surface area (Å²) in [7, 11) is 0. The molecule has 3 aromatic heterocycles. The maximum absolute atomic E-state index is 6.30. The quantitative estimate of drug-likeness (QED) is 0.262. The minimum Gasteiger partial charge on any atom is -0.485 e. The van der Waals surface area contributed by atoms with Crippen LogP contribution >= 0.6 is 34.5 Å². The van der Waals surface area contributed by atoms with Gasteiger partial charge in [0.05, 0.1) is 16.7 Å². The largest absolute Gasteiger partial charge is 0.485 e. The van der Waals surface area contributed by atoms with Gasteiger partial charge in [0.15, 0.2) is 0 Å². The molecular formula is C23H16Cl2N4OS. The van der Waals surface area contributed by atoms with Crippen LogP contribution in [0.15, 0.2) is 72.5 Å². The normalized spacial score (nSPS) is 12.2. The second kappa shape index (κ2) is 8.30. The van der Waals surface area contributed by atoms with E-state index in [0.717, 1.165) is 38.6 Å². The van der Waals surface area contributed by atoms with Crippen LogP contribution in [0.3, 0.4) is 0 Å². The SMILES string of the molecule is C[C@@H](Oc1csc(-n2cnc3cc(-c4ccnc(Cl)n4)ccc32)c1)c1ccccc1Cl. The van der Waals surface area contributed by atoms with E-state index in [0.29, 0.717) is 5.02 Å². The molecule has 0 amide bonds. The molecule has 0 radical (unpaired) electrons. The zero-order chi connectivity index (χ0) is 21.4. The first-order chi connectivity index (χ1) is 15.1. The molecule has 0 spiro atoms. The van der Waals surface area contributed by atoms with Crippen molar-refractivity contribution in [2.45, 2.75) is 13.0 Å². The Balaban J connectivity index is 1.41. The molecule has 31 heavy (non-hydrogen) atoms. The Morgan fingerprint density at radius 2 is 1.90 bits per heavy atom. The molecule has 0 N–H and O–H groups in total. The molecule has 8 heteroatoms. The van der Waals surface area contributed by atoms with E-state index in [1.165, 1.54) is 0 Å². The minimum atomic E-state index is -0.155. The Morgan fingerprint density at radius 3 is 2.74 bits per heavy atom. The van der Waals surface area contributed by atoms with Gasteiger partial charge < -0.3 is 4.74 Å². The van der Waals surface area contributed by atoms with Gasteiger partial charge in [-0.15, -0.1) is 11.3 Å². The lowest BCUT2D eigenvalue weighted by Gasteiger charge is -2.15. The number of ether oxygens (including phenoxy) is 1. The number of hydrogen-bond donors (Lipinski definition) is 0. The first-order valence-electron chi connectivity index (χ1n) is 9.54. The summed E-state index contributed by atoms with van der Waals surface area (Å²) in [4.78, 5) is 12.8. The molecule has 0 saturated heterocycles. The summed E-state index contributed by atoms with van der Waals surface area (Å²) in [5, 5.41) is 3.93. The van der Waals surface area contributed by atoms with Crippen molar-refractivity contribution in [2.75, 3.05) is 0 Å². The second-order valence-corrected chi connectivity index (χ2v) is 8.57. The highest BCUT2D eigenvalue weighted by molar-refractivity contribution is 7.12. The highest BCUT2D eigenvalue weighted by atomic mass is 35.5. The molecule has 0 unspecified atom stereocenters. The summed E-state index contributed by atoms with van der Waals surface area (Å²) >= 11 is 13.8. The van der Waals surface area contributed by atoms with Gasteiger partial charge in [0.25, 0.3) is 0 Å². The predicted molar refractivity (Wildman–Crippen MR) is 125 cm³/mol. The molecule has 5 aromatic rings. The summed E-state index contributed by atoms with van der Waals surface area (Å²) in [6.45, 7) is 1.99. The Labute approximate surface area is 192 Å². The molecule has 0 aliphatic heterocycles. The van der Waals surface area contributed by atoms with Crippen LogP contribution in [-0.4, -0.2) is 19.5 Å². The maximum Gasteiger partial charge on any atom is 0.222 e. The van der Waals surface area contributed by atoms with Gasteiger partial charge in [0, 0.05) is 33.8 Å². The lowest BCUT2D eigenvalue weighted by atomic mass is 10.1. The van der Waals surface area contributed by atoms with E-state index in [1.54, 1.807) is 17.5 Å². The number of benzene rings is 2. The Kier molecular flexibility index (Phi) is 5.36. The van der Waals surface area contributed by atoms with Gasteiger partial charge in [-0.3, -0.25) is 4.57 Å². The molecule has 5 rings (SSSR count). The maximum atomic E-state index is 6.30. The van der Waals surface area contributed by atoms with Crippen LogP contribution < -0.4 is 4.74 Å². The van der Waals surface area contributed by atoms with Crippen molar-refractivity contribution in [2.24, 2.45) is 0 Å². The summed E-state index contributed by atoms with van der Waals surface area (Å²) < 4.78 is 8.17. The number of hydrogen-bond acceptors (Lipinski definition) is 5. The van der Waals surface area contributed by atoms with Crippen molar-refractivity contribution in [3.05, 3.63) is 88.4 Å². The fourth-order valence-corrected chi connectivity index (χ4v) is 4.65. The Bertz CT molecular complexity index is 1380. The van der Waals surface area contributed by atoms with Crippen LogP contribution in [0.5, 0.6) is 5.75 Å². The number of halogens is 2. The average Bonchev–Trinajstić information content (AvgIpc) is 3.40. The summed E-state index contributed by atoms with van der Waals surface area (Å²) in [5.41, 5.74) is 4.52. The summed E-state index contributed by atoms with van der Waals surface area (Å²) in [6.07, 6.45) is 3.30. The molecule has 5 nitrogen and oxygen atoms in total. The third-order valence-corrected chi connectivity index (χ3v) is 6.36. The fourth-order valence-electron chi connectivity index (χ4n) is 3.41. The molecule has 1 atom stereocenters. The van der Waals surface area contributed by atoms with Gasteiger partial charge in [-0.05, 0) is 42.8 Å². The van der Waals surface area contributed by atoms with Gasteiger partial charge >= 0.3 is 0 Å². The molecule has 2 aromatic carbocycles. The number of imidazole rings is 1. The first-order valence-corrected chi connectivity index (χ1v) is 11.2. The highest BCUT2D eigenvalue weighted by Gasteiger charge is 2.14. The molecule has 0 fully saturated rings. The van der Waals surface area contributed by atoms with Gasteiger partial charge in [-0.1, -0.05) is 35.9 Å². The number of aromatic nitrogens is 4. The first kappa shape index (κ1) is 20.0. The topological polar surface area (TPSA) is 52.8 Å². The van der Waals surface area contributed by atoms with Crippen LogP contribution in [-0.2, 0) is 0 Å². The molecule has 3 heterocycles. The van der Waals surface area contributed by atoms with Crippen molar-refractivity contribution in [3.8, 4) is 22.0 Å². The van der Waals surface area contributed by atoms with Crippen molar-refractivity contribution in [1.29, 1.82) is 0 Å². The predicted octanol–water partition coefficient (Wildman–Crippen LogP) is 6.99. The lowest BCUT2D eigenvalue weighted by molar-refractivity contribution is 0.228. The second-order valence-electron chi connectivity index (χ2n) is 6.93. The van der Waals surface area contributed by atoms with Gasteiger partial charge in [0.2, 0.25) is 5.28 Å². The fraction of sp³-hybridized carbons (Fsp3) is 0.0870. The summed E-state index contributed by atoms with van der Waals surface area (Å²) in [5.74, 6) is 0.793. The third kappa shape index (κ3) is 4.02. The monoisotopic (exact) mass is 466 g/mol. The summed E-state index contributed by atoms with van der Waals surface area (Å²) in [6, 6.07) is 17.6. The van der Waals surface area contributed by atoms with E-state index in [2.05, 4.69) is 15.0 Å². The third-order valence-electron chi connectivity index (χ3n) is 4.92. The molecule has 0 aliphatic carbocycles. The van der Waals surface area contributed by atoms with Gasteiger partial charge in [-0.25, -0.2) is 15.0 Å². The van der Waals surface area contributed by atoms with Gasteiger partial charge in [-0.2, -0.15) is 0 Å². The van der Waals surface area contributed by atoms with Crippen LogP contribution in [0.2, 0.25) is 10.3 Å². The van der Waals surface area contributed by atoms with Crippen LogP contribution in [0.4, 0.5) is 0 Å². The molecule has 0 aliphatic rings. The van der Waals surface area contributed by atoms with Gasteiger partial charge in [0.1, 0.15) is 23.2 Å². The number of thiophene rings is 1. The Hall–Kier alpha value is -2.93. The Morgan fingerprint density at radius 1 is 1.03 bits per heavy atom. The van der Waals surface area contributed by atoms with Crippen LogP contribution in [0, 0.1) is 0 Å². The minimum absolute atomic E-state index is 0.155. The smallest absolute Gasteiger partial charge is 0.222 e. The van der Waals surface area contributed by atoms with E-state index in [4.69, 9.17) is 27.9 Å². The molecule has 0 bridgehead atoms. The highest BCUT2D eigenvalue weighted by Crippen LogP contribution is 2.33. The van der Waals surface area contributed by atoms with Crippen molar-refractivity contribution < 1.29 is 4.74 Å². The molecular weight excluding hydrogens is 451 g/mol. The molecule has 154 valence electrons.